The Kier molecular flexibility index (Phi) is 7.54. The summed E-state index contributed by atoms with van der Waals surface area (Å²) in [7, 11) is 0. The molecular weight excluding hydrogens is 795 g/mol. The summed E-state index contributed by atoms with van der Waals surface area (Å²) in [6.07, 6.45) is 0. The first-order chi connectivity index (χ1) is 32.2. The van der Waals surface area contributed by atoms with Gasteiger partial charge in [-0.1, -0.05) is 176 Å². The molecule has 0 saturated heterocycles. The second-order valence-electron chi connectivity index (χ2n) is 17.0. The first-order valence-electron chi connectivity index (χ1n) is 22.0. The van der Waals surface area contributed by atoms with E-state index in [-0.39, 0.29) is 0 Å². The molecule has 65 heavy (non-hydrogen) atoms. The van der Waals surface area contributed by atoms with Gasteiger partial charge in [0.15, 0.2) is 17.5 Å². The number of rotatable bonds is 4. The maximum absolute atomic E-state index is 6.74. The number of furan rings is 1. The largest absolute Gasteiger partial charge is 0.457 e. The minimum atomic E-state index is -0.616. The van der Waals surface area contributed by atoms with Gasteiger partial charge >= 0.3 is 0 Å². The standard InChI is InChI=1S/C60H35N3O2/c1-2-17-37(18-3-1)57-61-58(38-32-33-51-46(34-38)56-42-22-7-6-21-41(42)45(35-54(56)64-51)40-24-14-19-36-16-4-5-20-39(36)40)63-59(62-57)44-25-15-29-50-55(44)43-23-8-9-26-47(43)60(50)48-27-10-12-30-52(48)65-53-31-13-11-28-49(53)60/h1-35H. The van der Waals surface area contributed by atoms with Crippen LogP contribution in [-0.4, -0.2) is 15.0 Å². The Balaban J connectivity index is 0.998. The zero-order chi connectivity index (χ0) is 42.6. The highest BCUT2D eigenvalue weighted by molar-refractivity contribution is 6.23. The van der Waals surface area contributed by atoms with Crippen molar-refractivity contribution in [1.82, 2.24) is 15.0 Å². The van der Waals surface area contributed by atoms with Crippen molar-refractivity contribution in [2.45, 2.75) is 5.41 Å². The average molecular weight is 830 g/mol. The molecule has 2 aromatic heterocycles. The predicted molar refractivity (Wildman–Crippen MR) is 261 cm³/mol. The maximum atomic E-state index is 6.74. The first kappa shape index (κ1) is 35.9. The Bertz CT molecular complexity index is 3890. The van der Waals surface area contributed by atoms with Gasteiger partial charge < -0.3 is 9.15 Å². The maximum Gasteiger partial charge on any atom is 0.164 e. The highest BCUT2D eigenvalue weighted by Crippen LogP contribution is 2.63. The summed E-state index contributed by atoms with van der Waals surface area (Å²) in [4.78, 5) is 15.9. The van der Waals surface area contributed by atoms with Crippen LogP contribution in [-0.2, 0) is 5.41 Å². The summed E-state index contributed by atoms with van der Waals surface area (Å²) in [5.41, 5.74) is 12.9. The van der Waals surface area contributed by atoms with E-state index in [9.17, 15) is 0 Å². The van der Waals surface area contributed by atoms with E-state index in [1.807, 2.05) is 30.3 Å². The quantitative estimate of drug-likeness (QED) is 0.177. The minimum absolute atomic E-state index is 0.585. The van der Waals surface area contributed by atoms with Crippen LogP contribution in [0.3, 0.4) is 0 Å². The van der Waals surface area contributed by atoms with Crippen molar-refractivity contribution in [3.63, 3.8) is 0 Å². The van der Waals surface area contributed by atoms with Gasteiger partial charge in [0.25, 0.3) is 0 Å². The molecule has 1 aliphatic heterocycles. The van der Waals surface area contributed by atoms with Crippen molar-refractivity contribution in [3.05, 3.63) is 235 Å². The monoisotopic (exact) mass is 829 g/mol. The molecule has 5 heteroatoms. The number of hydrogen-bond acceptors (Lipinski definition) is 5. The fourth-order valence-electron chi connectivity index (χ4n) is 10.9. The molecule has 0 radical (unpaired) electrons. The van der Waals surface area contributed by atoms with Gasteiger partial charge in [0.1, 0.15) is 22.7 Å². The summed E-state index contributed by atoms with van der Waals surface area (Å²) in [5.74, 6) is 3.50. The SMILES string of the molecule is c1ccc(-c2nc(-c3ccc4oc5cc(-c6cccc7ccccc67)c6ccccc6c5c4c3)nc(-c3cccc4c3-c3ccccc3C43c4ccccc4Oc4ccccc43)n2)cc1. The second-order valence-corrected chi connectivity index (χ2v) is 17.0. The smallest absolute Gasteiger partial charge is 0.164 e. The molecule has 1 spiro atoms. The molecule has 0 fully saturated rings. The molecular formula is C60H35N3O2. The Hall–Kier alpha value is -8.67. The van der Waals surface area contributed by atoms with E-state index in [1.165, 1.54) is 32.8 Å². The number of hydrogen-bond donors (Lipinski definition) is 0. The van der Waals surface area contributed by atoms with Gasteiger partial charge in [-0.05, 0) is 91.3 Å². The highest BCUT2D eigenvalue weighted by atomic mass is 16.5. The Morgan fingerprint density at radius 3 is 1.74 bits per heavy atom. The molecule has 3 heterocycles. The topological polar surface area (TPSA) is 61.0 Å². The Morgan fingerprint density at radius 1 is 0.338 bits per heavy atom. The zero-order valence-corrected chi connectivity index (χ0v) is 34.9. The summed E-state index contributed by atoms with van der Waals surface area (Å²) in [5, 5.41) is 6.80. The van der Waals surface area contributed by atoms with Crippen molar-refractivity contribution in [3.8, 4) is 67.9 Å². The van der Waals surface area contributed by atoms with E-state index < -0.39 is 5.41 Å². The third-order valence-electron chi connectivity index (χ3n) is 13.6. The molecule has 14 rings (SSSR count). The van der Waals surface area contributed by atoms with Crippen molar-refractivity contribution >= 4 is 43.5 Å². The van der Waals surface area contributed by atoms with E-state index in [0.29, 0.717) is 17.5 Å². The van der Waals surface area contributed by atoms with Crippen molar-refractivity contribution in [1.29, 1.82) is 0 Å². The zero-order valence-electron chi connectivity index (χ0n) is 34.9. The lowest BCUT2D eigenvalue weighted by molar-refractivity contribution is 0.436. The molecule has 302 valence electrons. The fraction of sp³-hybridized carbons (Fsp3) is 0.0167. The third-order valence-corrected chi connectivity index (χ3v) is 13.6. The number of nitrogens with zero attached hydrogens (tertiary/aromatic N) is 3. The average Bonchev–Trinajstić information content (AvgIpc) is 3.90. The van der Waals surface area contributed by atoms with E-state index in [1.54, 1.807) is 0 Å². The van der Waals surface area contributed by atoms with Crippen molar-refractivity contribution < 1.29 is 9.15 Å². The molecule has 5 nitrogen and oxygen atoms in total. The van der Waals surface area contributed by atoms with Gasteiger partial charge in [-0.2, -0.15) is 0 Å². The molecule has 0 bridgehead atoms. The van der Waals surface area contributed by atoms with Crippen LogP contribution < -0.4 is 4.74 Å². The van der Waals surface area contributed by atoms with Crippen LogP contribution >= 0.6 is 0 Å². The number of para-hydroxylation sites is 2. The number of fused-ring (bicyclic) bond motifs is 15. The Labute approximate surface area is 373 Å². The molecule has 2 aliphatic rings. The van der Waals surface area contributed by atoms with Crippen LogP contribution in [0.1, 0.15) is 22.3 Å². The number of benzene rings is 10. The van der Waals surface area contributed by atoms with Crippen LogP contribution in [0.25, 0.3) is 99.9 Å². The van der Waals surface area contributed by atoms with E-state index in [2.05, 4.69) is 182 Å². The summed E-state index contributed by atoms with van der Waals surface area (Å²) < 4.78 is 13.4. The fourth-order valence-corrected chi connectivity index (χ4v) is 10.9. The third kappa shape index (κ3) is 5.12. The van der Waals surface area contributed by atoms with Crippen LogP contribution in [0.4, 0.5) is 0 Å². The normalized spacial score (nSPS) is 13.2. The molecule has 0 N–H and O–H groups in total. The van der Waals surface area contributed by atoms with Gasteiger partial charge in [-0.15, -0.1) is 0 Å². The van der Waals surface area contributed by atoms with Crippen LogP contribution in [0.2, 0.25) is 0 Å². The molecule has 0 atom stereocenters. The molecule has 0 saturated carbocycles. The van der Waals surface area contributed by atoms with Crippen LogP contribution in [0, 0.1) is 0 Å². The van der Waals surface area contributed by atoms with Crippen molar-refractivity contribution in [2.24, 2.45) is 0 Å². The van der Waals surface area contributed by atoms with Gasteiger partial charge in [0, 0.05) is 38.6 Å². The minimum Gasteiger partial charge on any atom is -0.457 e. The number of aromatic nitrogens is 3. The van der Waals surface area contributed by atoms with Crippen LogP contribution in [0.5, 0.6) is 11.5 Å². The van der Waals surface area contributed by atoms with Crippen LogP contribution in [0.15, 0.2) is 217 Å². The second kappa shape index (κ2) is 13.7. The van der Waals surface area contributed by atoms with E-state index >= 15 is 0 Å². The molecule has 12 aromatic rings. The van der Waals surface area contributed by atoms with Crippen molar-refractivity contribution in [2.75, 3.05) is 0 Å². The lowest BCUT2D eigenvalue weighted by atomic mass is 9.66. The molecule has 10 aromatic carbocycles. The lowest BCUT2D eigenvalue weighted by Gasteiger charge is -2.39. The van der Waals surface area contributed by atoms with E-state index in [4.69, 9.17) is 24.1 Å². The predicted octanol–water partition coefficient (Wildman–Crippen LogP) is 15.2. The van der Waals surface area contributed by atoms with Gasteiger partial charge in [-0.3, -0.25) is 0 Å². The van der Waals surface area contributed by atoms with E-state index in [0.717, 1.165) is 83.3 Å². The Morgan fingerprint density at radius 2 is 0.923 bits per heavy atom. The number of ether oxygens (including phenoxy) is 1. The lowest BCUT2D eigenvalue weighted by Crippen LogP contribution is -2.32. The summed E-state index contributed by atoms with van der Waals surface area (Å²) in [6.45, 7) is 0. The molecule has 1 aliphatic carbocycles. The molecule has 0 unspecified atom stereocenters. The summed E-state index contributed by atoms with van der Waals surface area (Å²) >= 11 is 0. The van der Waals surface area contributed by atoms with Gasteiger partial charge in [-0.25, -0.2) is 15.0 Å². The molecule has 0 amide bonds. The van der Waals surface area contributed by atoms with Gasteiger partial charge in [0.05, 0.1) is 5.41 Å². The van der Waals surface area contributed by atoms with Gasteiger partial charge in [0.2, 0.25) is 0 Å². The highest BCUT2D eigenvalue weighted by Gasteiger charge is 2.51. The first-order valence-corrected chi connectivity index (χ1v) is 22.0. The summed E-state index contributed by atoms with van der Waals surface area (Å²) in [6, 6.07) is 74.7.